The van der Waals surface area contributed by atoms with E-state index in [-0.39, 0.29) is 11.3 Å². The lowest BCUT2D eigenvalue weighted by Gasteiger charge is -2.21. The highest BCUT2D eigenvalue weighted by atomic mass is 35.5. The molecule has 38 heavy (non-hydrogen) atoms. The molecule has 0 amide bonds. The standard InChI is InChI=1S/C9H16N2OSi.C9H15NOSi.C8H13ClN2OSi/c1-7-6-8(13(3,4)5)9(12)11(2)10-7;1-7-5-9(12(2,3)4)8(11)6-10-7;1-12-8-6(13(2,3)4)5-7(9)10-11-8/h6H,1-5H3;5H,6H2,1-4H3;5H,1-4H3. The lowest BCUT2D eigenvalue weighted by molar-refractivity contribution is -0.113. The number of rotatable bonds is 4. The first-order chi connectivity index (χ1) is 17.2. The van der Waals surface area contributed by atoms with E-state index in [2.05, 4.69) is 79.2 Å². The fraction of sp³-hybridized carbons (Fsp3) is 0.538. The van der Waals surface area contributed by atoms with Crippen molar-refractivity contribution in [2.45, 2.75) is 72.8 Å². The molecule has 0 unspecified atom stereocenters. The van der Waals surface area contributed by atoms with Crippen LogP contribution in [0.2, 0.25) is 64.1 Å². The van der Waals surface area contributed by atoms with Gasteiger partial charge in [-0.15, -0.1) is 10.2 Å². The number of allylic oxidation sites excluding steroid dienone is 1. The Hall–Kier alpha value is -2.22. The first-order valence-electron chi connectivity index (χ1n) is 12.6. The van der Waals surface area contributed by atoms with Gasteiger partial charge in [-0.3, -0.25) is 14.6 Å². The van der Waals surface area contributed by atoms with E-state index in [4.69, 9.17) is 16.3 Å². The van der Waals surface area contributed by atoms with E-state index in [9.17, 15) is 9.59 Å². The van der Waals surface area contributed by atoms with Crippen molar-refractivity contribution in [1.29, 1.82) is 0 Å². The van der Waals surface area contributed by atoms with Crippen molar-refractivity contribution in [2.24, 2.45) is 12.0 Å². The van der Waals surface area contributed by atoms with Crippen LogP contribution in [0.25, 0.3) is 0 Å². The second-order valence-corrected chi connectivity index (χ2v) is 27.9. The summed E-state index contributed by atoms with van der Waals surface area (Å²) in [4.78, 5) is 27.2. The van der Waals surface area contributed by atoms with Gasteiger partial charge in [0.05, 0.1) is 37.0 Å². The molecule has 3 rings (SSSR count). The summed E-state index contributed by atoms with van der Waals surface area (Å²) in [5.74, 6) is 0.823. The predicted molar refractivity (Wildman–Crippen MR) is 168 cm³/mol. The maximum absolute atomic E-state index is 11.7. The molecule has 2 aromatic rings. The Kier molecular flexibility index (Phi) is 11.8. The Balaban J connectivity index is 0.000000285. The van der Waals surface area contributed by atoms with Gasteiger partial charge in [0, 0.05) is 23.1 Å². The molecular formula is C26H44ClN5O3Si3. The number of halogens is 1. The molecule has 0 saturated carbocycles. The van der Waals surface area contributed by atoms with E-state index in [1.54, 1.807) is 14.2 Å². The van der Waals surface area contributed by atoms with Crippen LogP contribution in [-0.2, 0) is 11.8 Å². The Morgan fingerprint density at radius 1 is 0.868 bits per heavy atom. The van der Waals surface area contributed by atoms with Crippen molar-refractivity contribution < 1.29 is 9.53 Å². The van der Waals surface area contributed by atoms with Gasteiger partial charge < -0.3 is 4.74 Å². The molecule has 0 radical (unpaired) electrons. The minimum Gasteiger partial charge on any atom is -0.480 e. The Bertz CT molecular complexity index is 1270. The second-order valence-electron chi connectivity index (χ2n) is 12.4. The van der Waals surface area contributed by atoms with E-state index in [1.807, 2.05) is 32.1 Å². The number of aliphatic imine (C=N–C) groups is 1. The number of hydrogen-bond donors (Lipinski definition) is 0. The molecule has 0 N–H and O–H groups in total. The average molecular weight is 594 g/mol. The van der Waals surface area contributed by atoms with Gasteiger partial charge >= 0.3 is 0 Å². The summed E-state index contributed by atoms with van der Waals surface area (Å²) in [5, 5.41) is 15.2. The van der Waals surface area contributed by atoms with Crippen LogP contribution in [0.1, 0.15) is 12.6 Å². The molecule has 0 aromatic carbocycles. The lowest BCUT2D eigenvalue weighted by atomic mass is 10.2. The van der Waals surface area contributed by atoms with Crippen LogP contribution in [0, 0.1) is 6.92 Å². The zero-order valence-electron chi connectivity index (χ0n) is 25.3. The van der Waals surface area contributed by atoms with Crippen molar-refractivity contribution in [2.75, 3.05) is 13.7 Å². The van der Waals surface area contributed by atoms with E-state index in [0.29, 0.717) is 17.6 Å². The summed E-state index contributed by atoms with van der Waals surface area (Å²) >= 11 is 5.77. The number of aryl methyl sites for hydroxylation is 2. The lowest BCUT2D eigenvalue weighted by Crippen LogP contribution is -2.50. The molecule has 12 heteroatoms. The number of Topliss-reactive ketones (excluding diaryl/α,β-unsaturated/α-hetero) is 1. The van der Waals surface area contributed by atoms with Crippen LogP contribution in [0.3, 0.4) is 0 Å². The monoisotopic (exact) mass is 593 g/mol. The molecule has 210 valence electrons. The molecule has 0 fully saturated rings. The minimum absolute atomic E-state index is 0.0600. The molecule has 0 atom stereocenters. The van der Waals surface area contributed by atoms with Gasteiger partial charge in [0.1, 0.15) is 6.54 Å². The van der Waals surface area contributed by atoms with Gasteiger partial charge in [-0.1, -0.05) is 70.5 Å². The molecule has 0 spiro atoms. The molecule has 0 bridgehead atoms. The van der Waals surface area contributed by atoms with Crippen LogP contribution in [0.5, 0.6) is 5.88 Å². The number of ketones is 1. The first kappa shape index (κ1) is 33.8. The highest BCUT2D eigenvalue weighted by molar-refractivity contribution is 6.89. The highest BCUT2D eigenvalue weighted by Crippen LogP contribution is 2.18. The third-order valence-electron chi connectivity index (χ3n) is 5.66. The van der Waals surface area contributed by atoms with Gasteiger partial charge in [-0.05, 0) is 37.3 Å². The number of dihydropyridines is 1. The van der Waals surface area contributed by atoms with Gasteiger partial charge in [0.2, 0.25) is 5.88 Å². The highest BCUT2D eigenvalue weighted by Gasteiger charge is 2.27. The maximum atomic E-state index is 11.7. The van der Waals surface area contributed by atoms with Crippen LogP contribution in [-0.4, -0.2) is 69.3 Å². The Morgan fingerprint density at radius 2 is 1.42 bits per heavy atom. The molecule has 0 aliphatic carbocycles. The van der Waals surface area contributed by atoms with Crippen molar-refractivity contribution >= 4 is 57.7 Å². The van der Waals surface area contributed by atoms with Gasteiger partial charge in [-0.25, -0.2) is 4.68 Å². The van der Waals surface area contributed by atoms with Crippen LogP contribution < -0.4 is 20.7 Å². The van der Waals surface area contributed by atoms with E-state index >= 15 is 0 Å². The number of hydrogen-bond acceptors (Lipinski definition) is 7. The van der Waals surface area contributed by atoms with E-state index < -0.39 is 24.2 Å². The summed E-state index contributed by atoms with van der Waals surface area (Å²) in [7, 11) is -1.08. The number of aromatic nitrogens is 4. The van der Waals surface area contributed by atoms with Crippen molar-refractivity contribution in [3.05, 3.63) is 44.6 Å². The molecule has 0 saturated heterocycles. The molecule has 1 aliphatic rings. The average Bonchev–Trinajstić information content (AvgIpc) is 2.76. The van der Waals surface area contributed by atoms with E-state index in [0.717, 1.165) is 27.0 Å². The SMILES string of the molecule is CC1=NCC(=O)C([Si](C)(C)C)=C1.COc1nnc(Cl)cc1[Si](C)(C)C.Cc1cc([Si](C)(C)C)c(=O)n(C)n1. The van der Waals surface area contributed by atoms with Gasteiger partial charge in [0.15, 0.2) is 10.9 Å². The molecule has 3 heterocycles. The first-order valence-corrected chi connectivity index (χ1v) is 23.5. The van der Waals surface area contributed by atoms with Crippen LogP contribution >= 0.6 is 11.6 Å². The third-order valence-corrected chi connectivity index (χ3v) is 11.8. The zero-order valence-corrected chi connectivity index (χ0v) is 29.0. The number of ether oxygens (including phenoxy) is 1. The normalized spacial score (nSPS) is 13.9. The quantitative estimate of drug-likeness (QED) is 0.494. The van der Waals surface area contributed by atoms with Crippen molar-refractivity contribution in [1.82, 2.24) is 20.0 Å². The van der Waals surface area contributed by atoms with Crippen molar-refractivity contribution in [3.63, 3.8) is 0 Å². The van der Waals surface area contributed by atoms with Gasteiger partial charge in [-0.2, -0.15) is 5.10 Å². The second kappa shape index (κ2) is 13.2. The molecule has 8 nitrogen and oxygen atoms in total. The van der Waals surface area contributed by atoms with E-state index in [1.165, 1.54) is 4.68 Å². The summed E-state index contributed by atoms with van der Waals surface area (Å²) in [6, 6.07) is 3.77. The minimum atomic E-state index is -1.51. The smallest absolute Gasteiger partial charge is 0.265 e. The van der Waals surface area contributed by atoms with Crippen LogP contribution in [0.4, 0.5) is 0 Å². The number of carbonyl (C=O) groups excluding carboxylic acids is 1. The zero-order chi connectivity index (χ0) is 29.6. The summed E-state index contributed by atoms with van der Waals surface area (Å²) in [6.45, 7) is 23.9. The Labute approximate surface area is 235 Å². The maximum Gasteiger partial charge on any atom is 0.265 e. The number of nitrogens with zero attached hydrogens (tertiary/aromatic N) is 5. The Morgan fingerprint density at radius 3 is 1.87 bits per heavy atom. The number of carbonyl (C=O) groups is 1. The third kappa shape index (κ3) is 10.2. The van der Waals surface area contributed by atoms with Crippen LogP contribution in [0.15, 0.2) is 33.2 Å². The molecule has 1 aliphatic heterocycles. The topological polar surface area (TPSA) is 99.3 Å². The van der Waals surface area contributed by atoms with Gasteiger partial charge in [0.25, 0.3) is 5.56 Å². The molecular weight excluding hydrogens is 550 g/mol. The van der Waals surface area contributed by atoms with Crippen molar-refractivity contribution in [3.8, 4) is 5.88 Å². The summed E-state index contributed by atoms with van der Waals surface area (Å²) in [6.07, 6.45) is 1.96. The largest absolute Gasteiger partial charge is 0.480 e. The summed E-state index contributed by atoms with van der Waals surface area (Å²) < 4.78 is 6.56. The number of methoxy groups -OCH3 is 1. The fourth-order valence-electron chi connectivity index (χ4n) is 3.59. The predicted octanol–water partition coefficient (Wildman–Crippen LogP) is 4.15. The fourth-order valence-corrected chi connectivity index (χ4v) is 8.19. The summed E-state index contributed by atoms with van der Waals surface area (Å²) in [5.41, 5.74) is 1.97. The molecule has 2 aromatic heterocycles.